The number of anilines is 4. The van der Waals surface area contributed by atoms with E-state index in [0.717, 1.165) is 30.8 Å². The Morgan fingerprint density at radius 3 is 2.45 bits per heavy atom. The number of amides is 1. The zero-order valence-corrected chi connectivity index (χ0v) is 23.9. The van der Waals surface area contributed by atoms with Crippen molar-refractivity contribution >= 4 is 34.7 Å². The van der Waals surface area contributed by atoms with Gasteiger partial charge in [-0.1, -0.05) is 37.8 Å². The van der Waals surface area contributed by atoms with Crippen molar-refractivity contribution in [1.29, 1.82) is 0 Å². The van der Waals surface area contributed by atoms with Crippen molar-refractivity contribution in [2.75, 3.05) is 63.5 Å². The number of nitrogens with one attached hydrogen (secondary N) is 2. The number of hydrogen-bond donors (Lipinski definition) is 2. The van der Waals surface area contributed by atoms with Crippen molar-refractivity contribution in [2.45, 2.75) is 20.0 Å². The first-order valence-corrected chi connectivity index (χ1v) is 13.1. The summed E-state index contributed by atoms with van der Waals surface area (Å²) in [4.78, 5) is 38.2. The van der Waals surface area contributed by atoms with Gasteiger partial charge in [-0.05, 0) is 44.3 Å². The van der Waals surface area contributed by atoms with E-state index in [1.807, 2.05) is 44.2 Å². The zero-order valence-electron chi connectivity index (χ0n) is 23.9. The third-order valence-corrected chi connectivity index (χ3v) is 6.02. The topological polar surface area (TPSA) is 109 Å². The fourth-order valence-corrected chi connectivity index (χ4v) is 3.81. The second kappa shape index (κ2) is 14.8. The van der Waals surface area contributed by atoms with Gasteiger partial charge in [-0.2, -0.15) is 0 Å². The van der Waals surface area contributed by atoms with E-state index < -0.39 is 0 Å². The number of hydrogen-bond acceptors (Lipinski definition) is 9. The summed E-state index contributed by atoms with van der Waals surface area (Å²) in [6, 6.07) is 12.4. The smallest absolute Gasteiger partial charge is 0.247 e. The number of carbonyl (C=O) groups excluding carboxylic acids is 2. The maximum Gasteiger partial charge on any atom is 0.247 e. The minimum Gasteiger partial charge on any atom is -0.494 e. The molecule has 1 aromatic heterocycles. The Morgan fingerprint density at radius 2 is 1.80 bits per heavy atom. The van der Waals surface area contributed by atoms with Crippen LogP contribution in [0.2, 0.25) is 0 Å². The van der Waals surface area contributed by atoms with Gasteiger partial charge in [-0.3, -0.25) is 9.59 Å². The SMILES string of the molecule is C=CC(=O)Nc1cc(Nc2nccc(C(=O)c3ccc(COCCC)cc3)n2)c(OC)cc1N(C)CCN(C)C. The minimum atomic E-state index is -0.342. The van der Waals surface area contributed by atoms with E-state index in [9.17, 15) is 9.59 Å². The van der Waals surface area contributed by atoms with Crippen LogP contribution in [-0.2, 0) is 16.1 Å². The summed E-state index contributed by atoms with van der Waals surface area (Å²) in [6.45, 7) is 8.35. The molecule has 0 bridgehead atoms. The number of benzene rings is 2. The van der Waals surface area contributed by atoms with Gasteiger partial charge < -0.3 is 29.9 Å². The van der Waals surface area contributed by atoms with Crippen molar-refractivity contribution in [2.24, 2.45) is 0 Å². The third kappa shape index (κ3) is 8.36. The summed E-state index contributed by atoms with van der Waals surface area (Å²) < 4.78 is 11.2. The maximum atomic E-state index is 13.1. The van der Waals surface area contributed by atoms with Gasteiger partial charge in [0.05, 0.1) is 30.8 Å². The van der Waals surface area contributed by atoms with Gasteiger partial charge in [0.1, 0.15) is 11.4 Å². The maximum absolute atomic E-state index is 13.1. The highest BCUT2D eigenvalue weighted by molar-refractivity contribution is 6.07. The lowest BCUT2D eigenvalue weighted by Crippen LogP contribution is -2.29. The minimum absolute atomic E-state index is 0.212. The van der Waals surface area contributed by atoms with Crippen molar-refractivity contribution in [3.05, 3.63) is 78.1 Å². The molecular formula is C30H38N6O4. The summed E-state index contributed by atoms with van der Waals surface area (Å²) in [7, 11) is 7.50. The Labute approximate surface area is 236 Å². The van der Waals surface area contributed by atoms with E-state index >= 15 is 0 Å². The van der Waals surface area contributed by atoms with Crippen LogP contribution in [0.4, 0.5) is 23.0 Å². The molecule has 212 valence electrons. The molecule has 0 spiro atoms. The summed E-state index contributed by atoms with van der Waals surface area (Å²) >= 11 is 0. The summed E-state index contributed by atoms with van der Waals surface area (Å²) in [6.07, 6.45) is 3.69. The number of carbonyl (C=O) groups is 2. The van der Waals surface area contributed by atoms with Crippen LogP contribution in [0.3, 0.4) is 0 Å². The lowest BCUT2D eigenvalue weighted by atomic mass is 10.1. The largest absolute Gasteiger partial charge is 0.494 e. The fraction of sp³-hybridized carbons (Fsp3) is 0.333. The molecule has 1 heterocycles. The predicted molar refractivity (Wildman–Crippen MR) is 159 cm³/mol. The molecule has 3 rings (SSSR count). The first kappa shape index (κ1) is 30.3. The number of ketones is 1. The molecule has 0 atom stereocenters. The highest BCUT2D eigenvalue weighted by Crippen LogP contribution is 2.37. The first-order valence-electron chi connectivity index (χ1n) is 13.1. The molecule has 0 saturated carbocycles. The van der Waals surface area contributed by atoms with Crippen molar-refractivity contribution in [3.8, 4) is 5.75 Å². The van der Waals surface area contributed by atoms with E-state index in [2.05, 4.69) is 39.0 Å². The number of aromatic nitrogens is 2. The standard InChI is InChI=1S/C30H38N6O4/c1-7-17-40-20-21-9-11-22(12-10-21)29(38)23-13-14-31-30(33-23)34-25-18-24(32-28(37)8-2)26(19-27(25)39-6)36(5)16-15-35(3)4/h8-14,18-19H,2,7,15-17,20H2,1,3-6H3,(H,32,37)(H,31,33,34). The average Bonchev–Trinajstić information content (AvgIpc) is 2.96. The summed E-state index contributed by atoms with van der Waals surface area (Å²) in [5, 5.41) is 6.00. The summed E-state index contributed by atoms with van der Waals surface area (Å²) in [5.74, 6) is 0.161. The number of rotatable bonds is 15. The van der Waals surface area contributed by atoms with Crippen LogP contribution in [0.1, 0.15) is 35.0 Å². The van der Waals surface area contributed by atoms with Crippen LogP contribution in [0, 0.1) is 0 Å². The second-order valence-corrected chi connectivity index (χ2v) is 9.46. The van der Waals surface area contributed by atoms with Crippen LogP contribution in [0.25, 0.3) is 0 Å². The number of likely N-dealkylation sites (N-methyl/N-ethyl adjacent to an activating group) is 2. The highest BCUT2D eigenvalue weighted by atomic mass is 16.5. The van der Waals surface area contributed by atoms with E-state index in [1.165, 1.54) is 12.3 Å². The molecule has 0 fully saturated rings. The third-order valence-electron chi connectivity index (χ3n) is 6.02. The lowest BCUT2D eigenvalue weighted by Gasteiger charge is -2.26. The highest BCUT2D eigenvalue weighted by Gasteiger charge is 2.17. The molecule has 0 unspecified atom stereocenters. The molecule has 40 heavy (non-hydrogen) atoms. The van der Waals surface area contributed by atoms with Gasteiger partial charge in [-0.15, -0.1) is 0 Å². The normalized spacial score (nSPS) is 10.8. The molecule has 0 aliphatic carbocycles. The van der Waals surface area contributed by atoms with E-state index in [1.54, 1.807) is 31.4 Å². The molecular weight excluding hydrogens is 508 g/mol. The first-order chi connectivity index (χ1) is 19.2. The van der Waals surface area contributed by atoms with Crippen LogP contribution < -0.4 is 20.3 Å². The fourth-order valence-electron chi connectivity index (χ4n) is 3.81. The van der Waals surface area contributed by atoms with Crippen molar-refractivity contribution < 1.29 is 19.1 Å². The van der Waals surface area contributed by atoms with Crippen LogP contribution in [0.5, 0.6) is 5.75 Å². The van der Waals surface area contributed by atoms with Crippen LogP contribution >= 0.6 is 0 Å². The molecule has 10 nitrogen and oxygen atoms in total. The van der Waals surface area contributed by atoms with Gasteiger partial charge >= 0.3 is 0 Å². The zero-order chi connectivity index (χ0) is 29.1. The molecule has 2 aromatic carbocycles. The number of methoxy groups -OCH3 is 1. The lowest BCUT2D eigenvalue weighted by molar-refractivity contribution is -0.111. The molecule has 0 saturated heterocycles. The molecule has 0 radical (unpaired) electrons. The Kier molecular flexibility index (Phi) is 11.2. The van der Waals surface area contributed by atoms with Gasteiger partial charge in [0.2, 0.25) is 17.6 Å². The van der Waals surface area contributed by atoms with Crippen molar-refractivity contribution in [1.82, 2.24) is 14.9 Å². The molecule has 0 aliphatic rings. The Balaban J connectivity index is 1.86. The number of nitrogens with zero attached hydrogens (tertiary/aromatic N) is 4. The molecule has 10 heteroatoms. The molecule has 2 N–H and O–H groups in total. The van der Waals surface area contributed by atoms with Gasteiger partial charge in [0.15, 0.2) is 0 Å². The van der Waals surface area contributed by atoms with Crippen LogP contribution in [0.15, 0.2) is 61.3 Å². The van der Waals surface area contributed by atoms with E-state index in [-0.39, 0.29) is 23.3 Å². The van der Waals surface area contributed by atoms with Crippen LogP contribution in [-0.4, -0.2) is 74.5 Å². The monoisotopic (exact) mass is 546 g/mol. The van der Waals surface area contributed by atoms with E-state index in [4.69, 9.17) is 9.47 Å². The molecule has 1 amide bonds. The van der Waals surface area contributed by atoms with Gasteiger partial charge in [0, 0.05) is 44.6 Å². The Morgan fingerprint density at radius 1 is 1.05 bits per heavy atom. The quantitative estimate of drug-likeness (QED) is 0.162. The molecule has 0 aliphatic heterocycles. The number of ether oxygens (including phenoxy) is 2. The summed E-state index contributed by atoms with van der Waals surface area (Å²) in [5.41, 5.74) is 3.61. The van der Waals surface area contributed by atoms with Gasteiger partial charge in [-0.25, -0.2) is 9.97 Å². The molecule has 3 aromatic rings. The Hall–Kier alpha value is -4.28. The predicted octanol–water partition coefficient (Wildman–Crippen LogP) is 4.51. The van der Waals surface area contributed by atoms with Crippen molar-refractivity contribution in [3.63, 3.8) is 0 Å². The van der Waals surface area contributed by atoms with Gasteiger partial charge in [0.25, 0.3) is 0 Å². The van der Waals surface area contributed by atoms with E-state index in [0.29, 0.717) is 35.9 Å². The Bertz CT molecular complexity index is 1310. The second-order valence-electron chi connectivity index (χ2n) is 9.46. The average molecular weight is 547 g/mol.